The molecule has 2 heterocycles. The fraction of sp³-hybridized carbons (Fsp3) is 0.316. The molecule has 3 rings (SSSR count). The van der Waals surface area contributed by atoms with Gasteiger partial charge in [0.1, 0.15) is 11.5 Å². The molecule has 0 aliphatic heterocycles. The molecule has 0 fully saturated rings. The van der Waals surface area contributed by atoms with Gasteiger partial charge in [0, 0.05) is 18.9 Å². The third-order valence-electron chi connectivity index (χ3n) is 4.14. The molecule has 29 heavy (non-hydrogen) atoms. The van der Waals surface area contributed by atoms with E-state index in [0.29, 0.717) is 12.2 Å². The second-order valence-electron chi connectivity index (χ2n) is 6.42. The number of nitrogens with zero attached hydrogens (tertiary/aromatic N) is 2. The monoisotopic (exact) mass is 419 g/mol. The smallest absolute Gasteiger partial charge is 0.315 e. The lowest BCUT2D eigenvalue weighted by Gasteiger charge is -2.10. The van der Waals surface area contributed by atoms with Gasteiger partial charge in [-0.1, -0.05) is 5.16 Å². The maximum atomic E-state index is 12.4. The average Bonchev–Trinajstić information content (AvgIpc) is 3.38. The quantitative estimate of drug-likeness (QED) is 0.559. The van der Waals surface area contributed by atoms with E-state index in [9.17, 15) is 13.2 Å². The van der Waals surface area contributed by atoms with Crippen molar-refractivity contribution in [3.8, 4) is 5.75 Å². The lowest BCUT2D eigenvalue weighted by atomic mass is 10.2. The number of methoxy groups -OCH3 is 1. The van der Waals surface area contributed by atoms with Crippen LogP contribution in [-0.4, -0.2) is 43.4 Å². The van der Waals surface area contributed by atoms with Crippen molar-refractivity contribution in [2.45, 2.75) is 30.7 Å². The Hall–Kier alpha value is -3.14. The first kappa shape index (κ1) is 20.6. The highest BCUT2D eigenvalue weighted by Gasteiger charge is 2.20. The van der Waals surface area contributed by atoms with E-state index in [0.717, 1.165) is 5.76 Å². The fourth-order valence-electron chi connectivity index (χ4n) is 2.64. The van der Waals surface area contributed by atoms with E-state index in [4.69, 9.17) is 13.7 Å². The zero-order chi connectivity index (χ0) is 20.9. The maximum absolute atomic E-state index is 12.4. The molecular weight excluding hydrogens is 398 g/mol. The van der Waals surface area contributed by atoms with Crippen molar-refractivity contribution in [1.82, 2.24) is 15.5 Å². The van der Waals surface area contributed by atoms with Gasteiger partial charge in [-0.3, -0.25) is 4.79 Å². The van der Waals surface area contributed by atoms with Crippen LogP contribution < -0.4 is 10.1 Å². The van der Waals surface area contributed by atoms with E-state index in [-0.39, 0.29) is 34.8 Å². The number of rotatable bonds is 9. The predicted molar refractivity (Wildman–Crippen MR) is 102 cm³/mol. The second-order valence-corrected chi connectivity index (χ2v) is 8.53. The molecule has 2 aromatic heterocycles. The summed E-state index contributed by atoms with van der Waals surface area (Å²) in [5.74, 6) is 0.501. The van der Waals surface area contributed by atoms with Gasteiger partial charge in [-0.2, -0.15) is 4.98 Å². The predicted octanol–water partition coefficient (Wildman–Crippen LogP) is 2.05. The van der Waals surface area contributed by atoms with Crippen LogP contribution in [0.4, 0.5) is 0 Å². The number of nitrogens with one attached hydrogen (secondary N) is 1. The highest BCUT2D eigenvalue weighted by atomic mass is 32.2. The molecule has 10 heteroatoms. The van der Waals surface area contributed by atoms with Crippen LogP contribution in [-0.2, 0) is 22.7 Å². The number of furan rings is 1. The van der Waals surface area contributed by atoms with E-state index in [1.807, 2.05) is 13.0 Å². The summed E-state index contributed by atoms with van der Waals surface area (Å²) in [6.45, 7) is 1.82. The van der Waals surface area contributed by atoms with Gasteiger partial charge in [-0.05, 0) is 43.3 Å². The molecule has 0 saturated carbocycles. The van der Waals surface area contributed by atoms with Gasteiger partial charge in [0.2, 0.25) is 0 Å². The molecule has 0 aliphatic rings. The van der Waals surface area contributed by atoms with Gasteiger partial charge in [0.25, 0.3) is 0 Å². The third kappa shape index (κ3) is 5.44. The Morgan fingerprint density at radius 3 is 2.66 bits per heavy atom. The SMILES string of the molecule is COc1ccc(S(=O)(=O)CCc2noc(C(=O)N[C@@H](C)Cc3ccco3)n2)cc1. The minimum Gasteiger partial charge on any atom is -0.497 e. The van der Waals surface area contributed by atoms with Gasteiger partial charge >= 0.3 is 11.8 Å². The highest BCUT2D eigenvalue weighted by molar-refractivity contribution is 7.91. The molecule has 0 aliphatic carbocycles. The third-order valence-corrected chi connectivity index (χ3v) is 5.87. The summed E-state index contributed by atoms with van der Waals surface area (Å²) < 4.78 is 40.1. The molecule has 0 saturated heterocycles. The van der Waals surface area contributed by atoms with Crippen LogP contribution in [0.2, 0.25) is 0 Å². The van der Waals surface area contributed by atoms with Gasteiger partial charge in [0.15, 0.2) is 15.7 Å². The van der Waals surface area contributed by atoms with E-state index in [1.54, 1.807) is 24.5 Å². The van der Waals surface area contributed by atoms with Gasteiger partial charge in [0.05, 0.1) is 24.0 Å². The van der Waals surface area contributed by atoms with Crippen LogP contribution in [0.15, 0.2) is 56.5 Å². The number of sulfone groups is 1. The Bertz CT molecular complexity index is 1040. The number of aryl methyl sites for hydroxylation is 1. The molecule has 0 spiro atoms. The topological polar surface area (TPSA) is 125 Å². The Morgan fingerprint density at radius 1 is 1.24 bits per heavy atom. The van der Waals surface area contributed by atoms with Gasteiger partial charge in [-0.15, -0.1) is 0 Å². The first-order valence-electron chi connectivity index (χ1n) is 8.90. The number of hydrogen-bond donors (Lipinski definition) is 1. The maximum Gasteiger partial charge on any atom is 0.315 e. The Morgan fingerprint density at radius 2 is 2.00 bits per heavy atom. The molecule has 1 aromatic carbocycles. The summed E-state index contributed by atoms with van der Waals surface area (Å²) in [6.07, 6.45) is 2.10. The van der Waals surface area contributed by atoms with Crippen molar-refractivity contribution in [3.63, 3.8) is 0 Å². The number of amides is 1. The molecule has 1 amide bonds. The minimum absolute atomic E-state index is 0.0209. The second kappa shape index (κ2) is 8.91. The number of carbonyl (C=O) groups is 1. The normalized spacial score (nSPS) is 12.5. The zero-order valence-electron chi connectivity index (χ0n) is 16.0. The van der Waals surface area contributed by atoms with Crippen LogP contribution in [0.3, 0.4) is 0 Å². The molecule has 3 aromatic rings. The lowest BCUT2D eigenvalue weighted by Crippen LogP contribution is -2.34. The average molecular weight is 419 g/mol. The lowest BCUT2D eigenvalue weighted by molar-refractivity contribution is 0.0895. The van der Waals surface area contributed by atoms with E-state index >= 15 is 0 Å². The number of carbonyl (C=O) groups excluding carboxylic acids is 1. The standard InChI is InChI=1S/C19H21N3O6S/c1-13(12-15-4-3-10-27-15)20-18(23)19-21-17(22-28-19)9-11-29(24,25)16-7-5-14(26-2)6-8-16/h3-8,10,13H,9,11-12H2,1-2H3,(H,20,23)/t13-/m0/s1. The molecule has 154 valence electrons. The summed E-state index contributed by atoms with van der Waals surface area (Å²) in [5, 5.41) is 6.43. The number of benzene rings is 1. The van der Waals surface area contributed by atoms with Crippen LogP contribution in [0.1, 0.15) is 29.2 Å². The van der Waals surface area contributed by atoms with Crippen molar-refractivity contribution in [3.05, 3.63) is 60.1 Å². The van der Waals surface area contributed by atoms with Crippen LogP contribution >= 0.6 is 0 Å². The molecular formula is C19H21N3O6S. The van der Waals surface area contributed by atoms with Crippen molar-refractivity contribution in [2.24, 2.45) is 0 Å². The van der Waals surface area contributed by atoms with E-state index in [1.165, 1.54) is 19.2 Å². The number of hydrogen-bond acceptors (Lipinski definition) is 8. The van der Waals surface area contributed by atoms with Crippen molar-refractivity contribution >= 4 is 15.7 Å². The molecule has 1 N–H and O–H groups in total. The highest BCUT2D eigenvalue weighted by Crippen LogP contribution is 2.17. The Kier molecular flexibility index (Phi) is 6.32. The fourth-order valence-corrected chi connectivity index (χ4v) is 3.88. The van der Waals surface area contributed by atoms with Crippen molar-refractivity contribution < 1.29 is 26.9 Å². The molecule has 1 atom stereocenters. The summed E-state index contributed by atoms with van der Waals surface area (Å²) >= 11 is 0. The molecule has 9 nitrogen and oxygen atoms in total. The molecule has 0 radical (unpaired) electrons. The van der Waals surface area contributed by atoms with Crippen LogP contribution in [0.5, 0.6) is 5.75 Å². The first-order valence-corrected chi connectivity index (χ1v) is 10.6. The summed E-state index contributed by atoms with van der Waals surface area (Å²) in [4.78, 5) is 16.4. The van der Waals surface area contributed by atoms with Crippen LogP contribution in [0.25, 0.3) is 0 Å². The van der Waals surface area contributed by atoms with E-state index < -0.39 is 15.7 Å². The summed E-state index contributed by atoms with van der Waals surface area (Å²) in [7, 11) is -2.03. The van der Waals surface area contributed by atoms with Crippen LogP contribution in [0, 0.1) is 0 Å². The number of ether oxygens (including phenoxy) is 1. The summed E-state index contributed by atoms with van der Waals surface area (Å²) in [5.41, 5.74) is 0. The van der Waals surface area contributed by atoms with Gasteiger partial charge < -0.3 is 19.0 Å². The minimum atomic E-state index is -3.53. The van der Waals surface area contributed by atoms with Gasteiger partial charge in [-0.25, -0.2) is 8.42 Å². The summed E-state index contributed by atoms with van der Waals surface area (Å²) in [6, 6.07) is 9.48. The zero-order valence-corrected chi connectivity index (χ0v) is 16.8. The Balaban J connectivity index is 1.55. The first-order chi connectivity index (χ1) is 13.9. The number of aromatic nitrogens is 2. The molecule has 0 unspecified atom stereocenters. The van der Waals surface area contributed by atoms with Crippen molar-refractivity contribution in [2.75, 3.05) is 12.9 Å². The van der Waals surface area contributed by atoms with Crippen molar-refractivity contribution in [1.29, 1.82) is 0 Å². The Labute approximate surface area is 168 Å². The largest absolute Gasteiger partial charge is 0.497 e. The molecule has 0 bridgehead atoms. The van der Waals surface area contributed by atoms with E-state index in [2.05, 4.69) is 15.5 Å².